The van der Waals surface area contributed by atoms with Gasteiger partial charge in [-0.05, 0) is 37.6 Å². The summed E-state index contributed by atoms with van der Waals surface area (Å²) < 4.78 is 5.40. The molecule has 0 saturated heterocycles. The summed E-state index contributed by atoms with van der Waals surface area (Å²) in [7, 11) is 0. The Bertz CT molecular complexity index is 594. The number of nitrogens with two attached hydrogens (primary N) is 1. The maximum absolute atomic E-state index is 5.55. The van der Waals surface area contributed by atoms with Crippen molar-refractivity contribution < 1.29 is 4.52 Å². The van der Waals surface area contributed by atoms with Gasteiger partial charge < -0.3 is 10.3 Å². The minimum absolute atomic E-state index is 0.428. The number of rotatable bonds is 4. The van der Waals surface area contributed by atoms with Gasteiger partial charge in [0.15, 0.2) is 5.82 Å². The topological polar surface area (TPSA) is 77.8 Å². The molecule has 0 radical (unpaired) electrons. The van der Waals surface area contributed by atoms with E-state index >= 15 is 0 Å². The molecule has 0 aromatic carbocycles. The zero-order valence-corrected chi connectivity index (χ0v) is 13.4. The summed E-state index contributed by atoms with van der Waals surface area (Å²) >= 11 is 1.59. The summed E-state index contributed by atoms with van der Waals surface area (Å²) in [6.45, 7) is 5.28. The SMILES string of the molecule is CC1(C)CCC(c2noc(-c3csc(CCN)n3)n2)CC1. The van der Waals surface area contributed by atoms with E-state index < -0.39 is 0 Å². The van der Waals surface area contributed by atoms with E-state index in [9.17, 15) is 0 Å². The van der Waals surface area contributed by atoms with Gasteiger partial charge in [0.2, 0.25) is 0 Å². The van der Waals surface area contributed by atoms with Crippen molar-refractivity contribution >= 4 is 11.3 Å². The molecule has 2 aromatic heterocycles. The van der Waals surface area contributed by atoms with Gasteiger partial charge in [0.05, 0.1) is 5.01 Å². The summed E-state index contributed by atoms with van der Waals surface area (Å²) in [6, 6.07) is 0. The number of aromatic nitrogens is 3. The molecule has 2 N–H and O–H groups in total. The molecule has 1 aliphatic carbocycles. The van der Waals surface area contributed by atoms with Crippen LogP contribution in [0, 0.1) is 5.41 Å². The van der Waals surface area contributed by atoms with Crippen LogP contribution in [0.3, 0.4) is 0 Å². The lowest BCUT2D eigenvalue weighted by Gasteiger charge is -2.32. The van der Waals surface area contributed by atoms with E-state index in [2.05, 4.69) is 29.0 Å². The highest BCUT2D eigenvalue weighted by molar-refractivity contribution is 7.09. The van der Waals surface area contributed by atoms with Gasteiger partial charge in [0.1, 0.15) is 5.69 Å². The van der Waals surface area contributed by atoms with Crippen LogP contribution >= 0.6 is 11.3 Å². The fourth-order valence-corrected chi connectivity index (χ4v) is 3.60. The predicted octanol–water partition coefficient (Wildman–Crippen LogP) is 3.38. The second kappa shape index (κ2) is 5.85. The van der Waals surface area contributed by atoms with Gasteiger partial charge in [-0.2, -0.15) is 4.98 Å². The first-order valence-corrected chi connectivity index (χ1v) is 8.44. The summed E-state index contributed by atoms with van der Waals surface area (Å²) in [5.74, 6) is 1.81. The Kier molecular flexibility index (Phi) is 4.08. The van der Waals surface area contributed by atoms with Crippen LogP contribution in [0.15, 0.2) is 9.90 Å². The van der Waals surface area contributed by atoms with Gasteiger partial charge in [-0.15, -0.1) is 11.3 Å². The van der Waals surface area contributed by atoms with Gasteiger partial charge in [0, 0.05) is 17.7 Å². The Hall–Kier alpha value is -1.27. The van der Waals surface area contributed by atoms with Crippen molar-refractivity contribution in [2.24, 2.45) is 11.1 Å². The summed E-state index contributed by atoms with van der Waals surface area (Å²) in [6.07, 6.45) is 5.52. The van der Waals surface area contributed by atoms with Crippen molar-refractivity contribution in [2.45, 2.75) is 51.9 Å². The van der Waals surface area contributed by atoms with Crippen LogP contribution < -0.4 is 5.73 Å². The minimum atomic E-state index is 0.428. The van der Waals surface area contributed by atoms with Crippen LogP contribution in [0.4, 0.5) is 0 Å². The fourth-order valence-electron chi connectivity index (χ4n) is 2.81. The normalized spacial score (nSPS) is 19.0. The third kappa shape index (κ3) is 3.32. The molecule has 1 saturated carbocycles. The lowest BCUT2D eigenvalue weighted by molar-refractivity contribution is 0.218. The van der Waals surface area contributed by atoms with Gasteiger partial charge in [-0.3, -0.25) is 0 Å². The lowest BCUT2D eigenvalue weighted by Crippen LogP contribution is -2.20. The molecule has 0 bridgehead atoms. The third-order valence-electron chi connectivity index (χ3n) is 4.28. The van der Waals surface area contributed by atoms with E-state index in [1.807, 2.05) is 5.38 Å². The van der Waals surface area contributed by atoms with Gasteiger partial charge >= 0.3 is 0 Å². The van der Waals surface area contributed by atoms with Crippen molar-refractivity contribution in [3.8, 4) is 11.6 Å². The first kappa shape index (κ1) is 14.7. The van der Waals surface area contributed by atoms with Crippen molar-refractivity contribution in [3.05, 3.63) is 16.2 Å². The molecule has 5 nitrogen and oxygen atoms in total. The van der Waals surface area contributed by atoms with Gasteiger partial charge in [-0.1, -0.05) is 19.0 Å². The molecule has 2 aromatic rings. The molecule has 2 heterocycles. The Morgan fingerprint density at radius 2 is 2.10 bits per heavy atom. The monoisotopic (exact) mass is 306 g/mol. The quantitative estimate of drug-likeness (QED) is 0.937. The van der Waals surface area contributed by atoms with E-state index in [1.165, 1.54) is 12.8 Å². The van der Waals surface area contributed by atoms with E-state index in [-0.39, 0.29) is 0 Å². The first-order valence-electron chi connectivity index (χ1n) is 7.56. The number of thiazole rings is 1. The fraction of sp³-hybridized carbons (Fsp3) is 0.667. The molecule has 0 spiro atoms. The molecule has 1 aliphatic rings. The predicted molar refractivity (Wildman–Crippen MR) is 83.2 cm³/mol. The first-order chi connectivity index (χ1) is 10.1. The summed E-state index contributed by atoms with van der Waals surface area (Å²) in [5.41, 5.74) is 6.78. The average molecular weight is 306 g/mol. The van der Waals surface area contributed by atoms with Crippen molar-refractivity contribution in [1.29, 1.82) is 0 Å². The van der Waals surface area contributed by atoms with Crippen LogP contribution in [0.1, 0.15) is 56.3 Å². The van der Waals surface area contributed by atoms with Crippen molar-refractivity contribution in [2.75, 3.05) is 6.54 Å². The second-order valence-corrected chi connectivity index (χ2v) is 7.50. The maximum atomic E-state index is 5.55. The van der Waals surface area contributed by atoms with Gasteiger partial charge in [0.25, 0.3) is 5.89 Å². The minimum Gasteiger partial charge on any atom is -0.332 e. The molecular weight excluding hydrogens is 284 g/mol. The molecule has 0 unspecified atom stereocenters. The number of nitrogens with zero attached hydrogens (tertiary/aromatic N) is 3. The van der Waals surface area contributed by atoms with Crippen molar-refractivity contribution in [3.63, 3.8) is 0 Å². The molecule has 0 aliphatic heterocycles. The molecule has 1 fully saturated rings. The van der Waals surface area contributed by atoms with Crippen molar-refractivity contribution in [1.82, 2.24) is 15.1 Å². The summed E-state index contributed by atoms with van der Waals surface area (Å²) in [5, 5.41) is 7.16. The Morgan fingerprint density at radius 3 is 2.81 bits per heavy atom. The zero-order valence-electron chi connectivity index (χ0n) is 12.6. The average Bonchev–Trinajstić information content (AvgIpc) is 3.08. The smallest absolute Gasteiger partial charge is 0.277 e. The maximum Gasteiger partial charge on any atom is 0.277 e. The third-order valence-corrected chi connectivity index (χ3v) is 5.18. The Balaban J connectivity index is 1.71. The zero-order chi connectivity index (χ0) is 14.9. The molecule has 21 heavy (non-hydrogen) atoms. The van der Waals surface area contributed by atoms with Gasteiger partial charge in [-0.25, -0.2) is 4.98 Å². The Labute approximate surface area is 129 Å². The van der Waals surface area contributed by atoms with Crippen LogP contribution in [-0.2, 0) is 6.42 Å². The van der Waals surface area contributed by atoms with Crippen LogP contribution in [0.5, 0.6) is 0 Å². The molecule has 0 atom stereocenters. The molecule has 0 amide bonds. The Morgan fingerprint density at radius 1 is 1.33 bits per heavy atom. The molecule has 3 rings (SSSR count). The highest BCUT2D eigenvalue weighted by Crippen LogP contribution is 2.41. The van der Waals surface area contributed by atoms with Crippen LogP contribution in [0.25, 0.3) is 11.6 Å². The van der Waals surface area contributed by atoms with Crippen LogP contribution in [0.2, 0.25) is 0 Å². The molecular formula is C15H22N4OS. The number of hydrogen-bond donors (Lipinski definition) is 1. The highest BCUT2D eigenvalue weighted by Gasteiger charge is 2.30. The highest BCUT2D eigenvalue weighted by atomic mass is 32.1. The second-order valence-electron chi connectivity index (χ2n) is 6.56. The standard InChI is InChI=1S/C15H22N4OS/c1-15(2)6-3-10(4-7-15)13-18-14(20-19-13)11-9-21-12(17-11)5-8-16/h9-10H,3-8,16H2,1-2H3. The lowest BCUT2D eigenvalue weighted by atomic mass is 9.73. The summed E-state index contributed by atoms with van der Waals surface area (Å²) in [4.78, 5) is 9.05. The van der Waals surface area contributed by atoms with Crippen LogP contribution in [-0.4, -0.2) is 21.7 Å². The van der Waals surface area contributed by atoms with E-state index in [4.69, 9.17) is 10.3 Å². The molecule has 6 heteroatoms. The van der Waals surface area contributed by atoms with E-state index in [1.54, 1.807) is 11.3 Å². The van der Waals surface area contributed by atoms with E-state index in [0.717, 1.165) is 35.8 Å². The number of hydrogen-bond acceptors (Lipinski definition) is 6. The largest absolute Gasteiger partial charge is 0.332 e. The van der Waals surface area contributed by atoms with E-state index in [0.29, 0.717) is 23.8 Å². The molecule has 114 valence electrons.